The van der Waals surface area contributed by atoms with E-state index in [2.05, 4.69) is 13.8 Å². The molecule has 98 valence electrons. The maximum atomic E-state index is 13.2. The second kappa shape index (κ2) is 4.81. The van der Waals surface area contributed by atoms with Crippen LogP contribution in [0.15, 0.2) is 29.8 Å². The summed E-state index contributed by atoms with van der Waals surface area (Å²) >= 11 is 0. The maximum Gasteiger partial charge on any atom is 0.159 e. The summed E-state index contributed by atoms with van der Waals surface area (Å²) in [4.78, 5) is 0. The van der Waals surface area contributed by atoms with Gasteiger partial charge in [-0.2, -0.15) is 0 Å². The van der Waals surface area contributed by atoms with E-state index in [1.165, 1.54) is 6.07 Å². The highest BCUT2D eigenvalue weighted by Gasteiger charge is 2.31. The summed E-state index contributed by atoms with van der Waals surface area (Å²) in [6.45, 7) is 4.14. The molecular formula is C15H18F2O. The van der Waals surface area contributed by atoms with Crippen LogP contribution in [0.25, 0.3) is 0 Å². The van der Waals surface area contributed by atoms with Crippen LogP contribution in [0.2, 0.25) is 0 Å². The molecule has 1 nitrogen and oxygen atoms in total. The molecule has 1 atom stereocenters. The second-order valence-electron chi connectivity index (χ2n) is 5.51. The standard InChI is InChI=1S/C15H18F2O/c1-15(2)8-4-3-5-11(15)14(18)10-6-7-12(16)13(17)9-10/h5-7,9,14,18H,3-4,8H2,1-2H3. The van der Waals surface area contributed by atoms with E-state index in [0.717, 1.165) is 37.0 Å². The van der Waals surface area contributed by atoms with Gasteiger partial charge in [-0.15, -0.1) is 0 Å². The van der Waals surface area contributed by atoms with E-state index in [-0.39, 0.29) is 5.41 Å². The lowest BCUT2D eigenvalue weighted by molar-refractivity contribution is 0.173. The normalized spacial score (nSPS) is 20.4. The first-order chi connectivity index (χ1) is 8.42. The van der Waals surface area contributed by atoms with E-state index in [1.54, 1.807) is 0 Å². The first-order valence-electron chi connectivity index (χ1n) is 6.25. The van der Waals surface area contributed by atoms with E-state index in [4.69, 9.17) is 0 Å². The third-order valence-corrected chi connectivity index (χ3v) is 3.71. The lowest BCUT2D eigenvalue weighted by Gasteiger charge is -2.34. The first kappa shape index (κ1) is 13.2. The minimum absolute atomic E-state index is 0.0947. The largest absolute Gasteiger partial charge is 0.384 e. The van der Waals surface area contributed by atoms with Gasteiger partial charge in [-0.1, -0.05) is 26.0 Å². The molecule has 1 N–H and O–H groups in total. The Labute approximate surface area is 106 Å². The molecule has 0 aliphatic heterocycles. The molecule has 0 bridgehead atoms. The van der Waals surface area contributed by atoms with Crippen molar-refractivity contribution in [1.82, 2.24) is 0 Å². The zero-order valence-electron chi connectivity index (χ0n) is 10.7. The van der Waals surface area contributed by atoms with Gasteiger partial charge in [0, 0.05) is 0 Å². The highest BCUT2D eigenvalue weighted by Crippen LogP contribution is 2.43. The van der Waals surface area contributed by atoms with Gasteiger partial charge in [0.1, 0.15) is 6.10 Å². The van der Waals surface area contributed by atoms with Crippen LogP contribution in [0.5, 0.6) is 0 Å². The third kappa shape index (κ3) is 2.46. The molecule has 1 aromatic carbocycles. The Kier molecular flexibility index (Phi) is 3.53. The molecule has 3 heteroatoms. The Morgan fingerprint density at radius 1 is 1.22 bits per heavy atom. The highest BCUT2D eigenvalue weighted by molar-refractivity contribution is 5.31. The smallest absolute Gasteiger partial charge is 0.159 e. The van der Waals surface area contributed by atoms with Crippen LogP contribution >= 0.6 is 0 Å². The molecule has 1 aliphatic rings. The average Bonchev–Trinajstić information content (AvgIpc) is 2.31. The molecule has 1 unspecified atom stereocenters. The molecular weight excluding hydrogens is 234 g/mol. The van der Waals surface area contributed by atoms with Gasteiger partial charge in [-0.25, -0.2) is 8.78 Å². The second-order valence-corrected chi connectivity index (χ2v) is 5.51. The van der Waals surface area contributed by atoms with Crippen molar-refractivity contribution in [1.29, 1.82) is 0 Å². The quantitative estimate of drug-likeness (QED) is 0.784. The fourth-order valence-electron chi connectivity index (χ4n) is 2.57. The lowest BCUT2D eigenvalue weighted by atomic mass is 9.72. The van der Waals surface area contributed by atoms with Crippen LogP contribution in [0.1, 0.15) is 44.8 Å². The zero-order valence-corrected chi connectivity index (χ0v) is 10.7. The molecule has 1 aromatic rings. The van der Waals surface area contributed by atoms with Crippen molar-refractivity contribution in [3.8, 4) is 0 Å². The van der Waals surface area contributed by atoms with Crippen molar-refractivity contribution in [2.75, 3.05) is 0 Å². The number of benzene rings is 1. The Morgan fingerprint density at radius 3 is 2.56 bits per heavy atom. The van der Waals surface area contributed by atoms with Crippen molar-refractivity contribution in [3.05, 3.63) is 47.0 Å². The Hall–Kier alpha value is -1.22. The Morgan fingerprint density at radius 2 is 1.94 bits per heavy atom. The Bertz CT molecular complexity index is 477. The third-order valence-electron chi connectivity index (χ3n) is 3.71. The first-order valence-corrected chi connectivity index (χ1v) is 6.25. The topological polar surface area (TPSA) is 20.2 Å². The van der Waals surface area contributed by atoms with E-state index in [1.807, 2.05) is 6.08 Å². The van der Waals surface area contributed by atoms with E-state index in [0.29, 0.717) is 5.56 Å². The lowest BCUT2D eigenvalue weighted by Crippen LogP contribution is -2.23. The van der Waals surface area contributed by atoms with Crippen molar-refractivity contribution >= 4 is 0 Å². The van der Waals surface area contributed by atoms with Crippen LogP contribution in [-0.2, 0) is 0 Å². The van der Waals surface area contributed by atoms with Gasteiger partial charge in [0.05, 0.1) is 0 Å². The van der Waals surface area contributed by atoms with Crippen molar-refractivity contribution in [3.63, 3.8) is 0 Å². The molecule has 18 heavy (non-hydrogen) atoms. The zero-order chi connectivity index (χ0) is 13.3. The number of hydrogen-bond donors (Lipinski definition) is 1. The summed E-state index contributed by atoms with van der Waals surface area (Å²) in [5.74, 6) is -1.80. The summed E-state index contributed by atoms with van der Waals surface area (Å²) in [5.41, 5.74) is 1.22. The van der Waals surface area contributed by atoms with Gasteiger partial charge >= 0.3 is 0 Å². The fourth-order valence-corrected chi connectivity index (χ4v) is 2.57. The fraction of sp³-hybridized carbons (Fsp3) is 0.467. The molecule has 0 saturated heterocycles. The molecule has 0 saturated carbocycles. The van der Waals surface area contributed by atoms with Gasteiger partial charge in [0.25, 0.3) is 0 Å². The number of aliphatic hydroxyl groups excluding tert-OH is 1. The molecule has 0 spiro atoms. The van der Waals surface area contributed by atoms with Gasteiger partial charge in [0.15, 0.2) is 11.6 Å². The molecule has 0 heterocycles. The van der Waals surface area contributed by atoms with Gasteiger partial charge in [-0.05, 0) is 47.9 Å². The van der Waals surface area contributed by atoms with Crippen LogP contribution < -0.4 is 0 Å². The van der Waals surface area contributed by atoms with Gasteiger partial charge < -0.3 is 5.11 Å². The van der Waals surface area contributed by atoms with Crippen LogP contribution in [0.4, 0.5) is 8.78 Å². The predicted molar refractivity (Wildman–Crippen MR) is 67.0 cm³/mol. The number of rotatable bonds is 2. The molecule has 0 radical (unpaired) electrons. The predicted octanol–water partition coefficient (Wildman–Crippen LogP) is 4.13. The van der Waals surface area contributed by atoms with Crippen LogP contribution in [0, 0.1) is 17.0 Å². The van der Waals surface area contributed by atoms with Crippen molar-refractivity contribution < 1.29 is 13.9 Å². The molecule has 2 rings (SSSR count). The molecule has 0 amide bonds. The van der Waals surface area contributed by atoms with Crippen molar-refractivity contribution in [2.24, 2.45) is 5.41 Å². The minimum Gasteiger partial charge on any atom is -0.384 e. The number of hydrogen-bond acceptors (Lipinski definition) is 1. The monoisotopic (exact) mass is 252 g/mol. The minimum atomic E-state index is -0.916. The highest BCUT2D eigenvalue weighted by atomic mass is 19.2. The molecule has 0 aromatic heterocycles. The number of halogens is 2. The van der Waals surface area contributed by atoms with Crippen molar-refractivity contribution in [2.45, 2.75) is 39.2 Å². The summed E-state index contributed by atoms with van der Waals surface area (Å²) in [6.07, 6.45) is 4.20. The Balaban J connectivity index is 2.33. The van der Waals surface area contributed by atoms with Crippen LogP contribution in [-0.4, -0.2) is 5.11 Å². The van der Waals surface area contributed by atoms with E-state index < -0.39 is 17.7 Å². The summed E-state index contributed by atoms with van der Waals surface area (Å²) in [7, 11) is 0. The van der Waals surface area contributed by atoms with Gasteiger partial charge in [0.2, 0.25) is 0 Å². The summed E-state index contributed by atoms with van der Waals surface area (Å²) < 4.78 is 26.1. The average molecular weight is 252 g/mol. The summed E-state index contributed by atoms with van der Waals surface area (Å²) in [6, 6.07) is 3.57. The molecule has 1 aliphatic carbocycles. The molecule has 0 fully saturated rings. The number of allylic oxidation sites excluding steroid dienone is 1. The maximum absolute atomic E-state index is 13.2. The van der Waals surface area contributed by atoms with E-state index >= 15 is 0 Å². The SMILES string of the molecule is CC1(C)CCCC=C1C(O)c1ccc(F)c(F)c1. The van der Waals surface area contributed by atoms with E-state index in [9.17, 15) is 13.9 Å². The summed E-state index contributed by atoms with van der Waals surface area (Å²) in [5, 5.41) is 10.3. The number of aliphatic hydroxyl groups is 1. The van der Waals surface area contributed by atoms with Crippen LogP contribution in [0.3, 0.4) is 0 Å². The van der Waals surface area contributed by atoms with Gasteiger partial charge in [-0.3, -0.25) is 0 Å².